The van der Waals surface area contributed by atoms with Gasteiger partial charge in [-0.15, -0.1) is 0 Å². The van der Waals surface area contributed by atoms with Gasteiger partial charge in [0.05, 0.1) is 12.0 Å². The molecule has 1 amide bonds. The second kappa shape index (κ2) is 8.03. The summed E-state index contributed by atoms with van der Waals surface area (Å²) in [5.74, 6) is -1.36. The normalized spacial score (nSPS) is 13.9. The predicted octanol–water partition coefficient (Wildman–Crippen LogP) is 2.48. The van der Waals surface area contributed by atoms with Crippen molar-refractivity contribution in [2.45, 2.75) is 0 Å². The SMILES string of the molecule is COC(=O)c1cc(N2CCN(C(=O)c3ccc(F)cc3)CC2)ccc1[N+](=O)[O-]. The molecule has 0 saturated carbocycles. The van der Waals surface area contributed by atoms with Crippen LogP contribution in [0.1, 0.15) is 20.7 Å². The largest absolute Gasteiger partial charge is 0.465 e. The predicted molar refractivity (Wildman–Crippen MR) is 99.0 cm³/mol. The van der Waals surface area contributed by atoms with Gasteiger partial charge in [0.25, 0.3) is 11.6 Å². The monoisotopic (exact) mass is 387 g/mol. The van der Waals surface area contributed by atoms with Crippen molar-refractivity contribution in [1.82, 2.24) is 4.90 Å². The lowest BCUT2D eigenvalue weighted by Crippen LogP contribution is -2.48. The molecule has 0 radical (unpaired) electrons. The molecule has 1 heterocycles. The van der Waals surface area contributed by atoms with Crippen LogP contribution in [0.15, 0.2) is 42.5 Å². The molecule has 146 valence electrons. The van der Waals surface area contributed by atoms with E-state index in [0.29, 0.717) is 37.4 Å². The van der Waals surface area contributed by atoms with Gasteiger partial charge in [0.15, 0.2) is 0 Å². The number of benzene rings is 2. The number of nitro benzene ring substituents is 1. The number of nitro groups is 1. The van der Waals surface area contributed by atoms with Crippen molar-refractivity contribution in [3.63, 3.8) is 0 Å². The van der Waals surface area contributed by atoms with Crippen LogP contribution < -0.4 is 4.90 Å². The summed E-state index contributed by atoms with van der Waals surface area (Å²) < 4.78 is 17.7. The summed E-state index contributed by atoms with van der Waals surface area (Å²) in [6.45, 7) is 1.85. The lowest BCUT2D eigenvalue weighted by Gasteiger charge is -2.36. The Labute approximate surface area is 160 Å². The minimum absolute atomic E-state index is 0.116. The van der Waals surface area contributed by atoms with Crippen LogP contribution in [0.4, 0.5) is 15.8 Å². The van der Waals surface area contributed by atoms with Gasteiger partial charge in [-0.05, 0) is 36.4 Å². The Morgan fingerprint density at radius 2 is 1.71 bits per heavy atom. The van der Waals surface area contributed by atoms with Crippen molar-refractivity contribution in [2.24, 2.45) is 0 Å². The second-order valence-electron chi connectivity index (χ2n) is 6.24. The zero-order chi connectivity index (χ0) is 20.3. The van der Waals surface area contributed by atoms with Gasteiger partial charge in [0, 0.05) is 43.5 Å². The van der Waals surface area contributed by atoms with Crippen LogP contribution in [0.5, 0.6) is 0 Å². The Morgan fingerprint density at radius 3 is 2.29 bits per heavy atom. The van der Waals surface area contributed by atoms with Crippen LogP contribution >= 0.6 is 0 Å². The zero-order valence-corrected chi connectivity index (χ0v) is 15.1. The minimum Gasteiger partial charge on any atom is -0.465 e. The maximum absolute atomic E-state index is 13.0. The van der Waals surface area contributed by atoms with Crippen molar-refractivity contribution >= 4 is 23.3 Å². The van der Waals surface area contributed by atoms with E-state index in [0.717, 1.165) is 0 Å². The minimum atomic E-state index is -0.779. The van der Waals surface area contributed by atoms with Gasteiger partial charge in [-0.25, -0.2) is 9.18 Å². The molecule has 2 aromatic rings. The first-order valence-electron chi connectivity index (χ1n) is 8.57. The van der Waals surface area contributed by atoms with Gasteiger partial charge in [-0.2, -0.15) is 0 Å². The summed E-state index contributed by atoms with van der Waals surface area (Å²) in [4.78, 5) is 38.5. The average molecular weight is 387 g/mol. The summed E-state index contributed by atoms with van der Waals surface area (Å²) in [7, 11) is 1.17. The number of hydrogen-bond donors (Lipinski definition) is 0. The number of methoxy groups -OCH3 is 1. The molecule has 28 heavy (non-hydrogen) atoms. The Morgan fingerprint density at radius 1 is 1.07 bits per heavy atom. The van der Waals surface area contributed by atoms with E-state index < -0.39 is 16.7 Å². The van der Waals surface area contributed by atoms with Crippen molar-refractivity contribution < 1.29 is 23.6 Å². The van der Waals surface area contributed by atoms with E-state index in [4.69, 9.17) is 0 Å². The number of nitrogens with zero attached hydrogens (tertiary/aromatic N) is 3. The van der Waals surface area contributed by atoms with Gasteiger partial charge in [-0.3, -0.25) is 14.9 Å². The highest BCUT2D eigenvalue weighted by Gasteiger charge is 2.26. The Hall–Kier alpha value is -3.49. The molecule has 1 aliphatic heterocycles. The van der Waals surface area contributed by atoms with Crippen molar-refractivity contribution in [2.75, 3.05) is 38.2 Å². The molecule has 1 aliphatic rings. The quantitative estimate of drug-likeness (QED) is 0.455. The third kappa shape index (κ3) is 3.93. The third-order valence-electron chi connectivity index (χ3n) is 4.61. The van der Waals surface area contributed by atoms with Crippen LogP contribution in [0.25, 0.3) is 0 Å². The molecule has 0 unspecified atom stereocenters. The van der Waals surface area contributed by atoms with Crippen molar-refractivity contribution in [3.05, 3.63) is 69.5 Å². The molecule has 9 heteroatoms. The molecule has 8 nitrogen and oxygen atoms in total. The molecule has 0 aromatic heterocycles. The number of amides is 1. The topological polar surface area (TPSA) is 93.0 Å². The van der Waals surface area contributed by atoms with Crippen LogP contribution in [-0.2, 0) is 4.74 Å². The van der Waals surface area contributed by atoms with Gasteiger partial charge in [0.2, 0.25) is 0 Å². The first kappa shape index (κ1) is 19.3. The molecule has 0 aliphatic carbocycles. The molecule has 3 rings (SSSR count). The standard InChI is InChI=1S/C19H18FN3O5/c1-28-19(25)16-12-15(6-7-17(16)23(26)27)21-8-10-22(11-9-21)18(24)13-2-4-14(20)5-3-13/h2-7,12H,8-11H2,1H3. The fourth-order valence-corrected chi connectivity index (χ4v) is 3.10. The number of piperazine rings is 1. The number of halogens is 1. The summed E-state index contributed by atoms with van der Waals surface area (Å²) in [5, 5.41) is 11.1. The maximum Gasteiger partial charge on any atom is 0.344 e. The number of ether oxygens (including phenoxy) is 1. The molecule has 0 N–H and O–H groups in total. The van der Waals surface area contributed by atoms with Gasteiger partial charge >= 0.3 is 5.97 Å². The number of rotatable bonds is 4. The van der Waals surface area contributed by atoms with E-state index in [1.54, 1.807) is 11.0 Å². The van der Waals surface area contributed by atoms with E-state index in [2.05, 4.69) is 4.74 Å². The number of esters is 1. The molecule has 1 saturated heterocycles. The highest BCUT2D eigenvalue weighted by molar-refractivity contribution is 5.95. The Bertz CT molecular complexity index is 908. The molecule has 0 bridgehead atoms. The van der Waals surface area contributed by atoms with Crippen LogP contribution in [0.3, 0.4) is 0 Å². The van der Waals surface area contributed by atoms with Gasteiger partial charge in [-0.1, -0.05) is 0 Å². The molecule has 1 fully saturated rings. The lowest BCUT2D eigenvalue weighted by molar-refractivity contribution is -0.385. The lowest BCUT2D eigenvalue weighted by atomic mass is 10.1. The number of anilines is 1. The smallest absolute Gasteiger partial charge is 0.344 e. The van der Waals surface area contributed by atoms with E-state index in [9.17, 15) is 24.1 Å². The number of carbonyl (C=O) groups excluding carboxylic acids is 2. The van der Waals surface area contributed by atoms with Crippen LogP contribution in [-0.4, -0.2) is 55.0 Å². The summed E-state index contributed by atoms with van der Waals surface area (Å²) >= 11 is 0. The highest BCUT2D eigenvalue weighted by Crippen LogP contribution is 2.26. The highest BCUT2D eigenvalue weighted by atomic mass is 19.1. The van der Waals surface area contributed by atoms with E-state index >= 15 is 0 Å². The van der Waals surface area contributed by atoms with E-state index in [1.165, 1.54) is 43.5 Å². The van der Waals surface area contributed by atoms with Crippen molar-refractivity contribution in [3.8, 4) is 0 Å². The first-order chi connectivity index (χ1) is 13.4. The summed E-state index contributed by atoms with van der Waals surface area (Å²) in [6.07, 6.45) is 0. The number of carbonyl (C=O) groups is 2. The first-order valence-corrected chi connectivity index (χ1v) is 8.57. The van der Waals surface area contributed by atoms with E-state index in [-0.39, 0.29) is 17.2 Å². The fourth-order valence-electron chi connectivity index (χ4n) is 3.10. The Balaban J connectivity index is 1.72. The molecule has 0 atom stereocenters. The second-order valence-corrected chi connectivity index (χ2v) is 6.24. The van der Waals surface area contributed by atoms with Crippen LogP contribution in [0, 0.1) is 15.9 Å². The van der Waals surface area contributed by atoms with Gasteiger partial charge in [0.1, 0.15) is 11.4 Å². The van der Waals surface area contributed by atoms with Crippen LogP contribution in [0.2, 0.25) is 0 Å². The maximum atomic E-state index is 13.0. The Kier molecular flexibility index (Phi) is 5.53. The molecular weight excluding hydrogens is 369 g/mol. The van der Waals surface area contributed by atoms with E-state index in [1.807, 2.05) is 4.90 Å². The molecule has 0 spiro atoms. The number of hydrogen-bond acceptors (Lipinski definition) is 6. The summed E-state index contributed by atoms with van der Waals surface area (Å²) in [5.41, 5.74) is 0.619. The fraction of sp³-hybridized carbons (Fsp3) is 0.263. The average Bonchev–Trinajstić information content (AvgIpc) is 2.72. The van der Waals surface area contributed by atoms with Gasteiger partial charge < -0.3 is 14.5 Å². The van der Waals surface area contributed by atoms with Crippen molar-refractivity contribution in [1.29, 1.82) is 0 Å². The zero-order valence-electron chi connectivity index (χ0n) is 15.1. The molecular formula is C19H18FN3O5. The summed E-state index contributed by atoms with van der Waals surface area (Å²) in [6, 6.07) is 9.66. The third-order valence-corrected chi connectivity index (χ3v) is 4.61. The molecule has 2 aromatic carbocycles.